The number of rotatable bonds is 7. The summed E-state index contributed by atoms with van der Waals surface area (Å²) in [5, 5.41) is 21.3. The van der Waals surface area contributed by atoms with Crippen LogP contribution in [0.1, 0.15) is 37.4 Å². The van der Waals surface area contributed by atoms with Gasteiger partial charge in [0.25, 0.3) is 5.91 Å². The Morgan fingerprint density at radius 1 is 1.06 bits per heavy atom. The topological polar surface area (TPSA) is 130 Å². The number of fused-ring (bicyclic) bond motifs is 1. The summed E-state index contributed by atoms with van der Waals surface area (Å²) in [6, 6.07) is 16.2. The largest absolute Gasteiger partial charge is 0.496 e. The van der Waals surface area contributed by atoms with Crippen LogP contribution in [0.2, 0.25) is 0 Å². The lowest BCUT2D eigenvalue weighted by Gasteiger charge is -2.16. The smallest absolute Gasteiger partial charge is 0.336 e. The average Bonchev–Trinajstić information content (AvgIpc) is 3.17. The number of hydrogen-bond acceptors (Lipinski definition) is 4. The Kier molecular flexibility index (Phi) is 6.29. The number of carboxylic acids is 1. The number of carbonyl (C=O) groups is 2. The molecule has 178 valence electrons. The number of aromatic carboxylic acids is 1. The molecule has 0 bridgehead atoms. The summed E-state index contributed by atoms with van der Waals surface area (Å²) in [5.74, 6) is -1.28. The second kappa shape index (κ2) is 9.34. The van der Waals surface area contributed by atoms with Crippen molar-refractivity contribution in [1.82, 2.24) is 9.88 Å². The maximum atomic E-state index is 12.5. The van der Waals surface area contributed by atoms with Crippen LogP contribution in [-0.2, 0) is 13.5 Å². The van der Waals surface area contributed by atoms with E-state index in [0.717, 1.165) is 27.6 Å². The van der Waals surface area contributed by atoms with Gasteiger partial charge in [-0.1, -0.05) is 36.4 Å². The molecule has 1 aromatic heterocycles. The van der Waals surface area contributed by atoms with Crippen LogP contribution in [-0.4, -0.2) is 41.5 Å². The van der Waals surface area contributed by atoms with Gasteiger partial charge in [0.2, 0.25) is 0 Å². The quantitative estimate of drug-likeness (QED) is 0.241. The number of amides is 1. The summed E-state index contributed by atoms with van der Waals surface area (Å²) < 4.78 is 7.29. The fourth-order valence-corrected chi connectivity index (χ4v) is 4.38. The molecule has 0 spiro atoms. The highest BCUT2D eigenvalue weighted by molar-refractivity contribution is 6.04. The van der Waals surface area contributed by atoms with Gasteiger partial charge < -0.3 is 25.5 Å². The molecular weight excluding hydrogens is 444 g/mol. The molecule has 0 saturated heterocycles. The Morgan fingerprint density at radius 3 is 2.46 bits per heavy atom. The van der Waals surface area contributed by atoms with E-state index in [0.29, 0.717) is 17.5 Å². The van der Waals surface area contributed by atoms with Gasteiger partial charge in [-0.2, -0.15) is 0 Å². The van der Waals surface area contributed by atoms with Gasteiger partial charge in [-0.25, -0.2) is 4.79 Å². The molecule has 4 aromatic rings. The summed E-state index contributed by atoms with van der Waals surface area (Å²) in [6.45, 7) is 0. The second-order valence-electron chi connectivity index (χ2n) is 8.23. The molecular formula is C27H26N4O4. The summed E-state index contributed by atoms with van der Waals surface area (Å²) >= 11 is 0. The summed E-state index contributed by atoms with van der Waals surface area (Å²) in [4.78, 5) is 24.7. The van der Waals surface area contributed by atoms with Crippen LogP contribution in [0.25, 0.3) is 22.0 Å². The molecule has 4 rings (SSSR count). The molecule has 0 unspecified atom stereocenters. The highest BCUT2D eigenvalue weighted by Crippen LogP contribution is 2.35. The number of methoxy groups -OCH3 is 1. The number of carboxylic acid groups (broad SMARTS) is 1. The number of carbonyl (C=O) groups excluding carboxylic acids is 1. The monoisotopic (exact) mass is 470 g/mol. The molecule has 0 aliphatic carbocycles. The summed E-state index contributed by atoms with van der Waals surface area (Å²) in [7, 11) is 4.85. The highest BCUT2D eigenvalue weighted by Gasteiger charge is 2.22. The molecule has 5 N–H and O–H groups in total. The predicted molar refractivity (Wildman–Crippen MR) is 136 cm³/mol. The first kappa shape index (κ1) is 23.6. The third kappa shape index (κ3) is 4.33. The Balaban J connectivity index is 1.88. The summed E-state index contributed by atoms with van der Waals surface area (Å²) in [6.07, 6.45) is 2.56. The van der Waals surface area contributed by atoms with E-state index in [1.165, 1.54) is 20.2 Å². The molecule has 3 aromatic carbocycles. The standard InChI is InChI=1S/C27H26N4O4/c1-30-26(32)22-12-20(21(27(33)34)13-24(22)35-3)18-7-5-4-6-15(18)10-17-14-31(2)23-11-16(25(28)29)8-9-19(17)23/h4-9,11-14H,10H2,1-3H3,(H3,28,29)(H,30,32)(H,33,34). The number of nitrogens with two attached hydrogens (primary N) is 1. The van der Waals surface area contributed by atoms with Gasteiger partial charge in [0, 0.05) is 43.2 Å². The van der Waals surface area contributed by atoms with Crippen molar-refractivity contribution < 1.29 is 19.4 Å². The van der Waals surface area contributed by atoms with E-state index in [1.54, 1.807) is 6.07 Å². The molecule has 0 aliphatic rings. The van der Waals surface area contributed by atoms with Crippen LogP contribution < -0.4 is 15.8 Å². The molecule has 8 nitrogen and oxygen atoms in total. The molecule has 35 heavy (non-hydrogen) atoms. The Morgan fingerprint density at radius 2 is 1.80 bits per heavy atom. The zero-order chi connectivity index (χ0) is 25.3. The van der Waals surface area contributed by atoms with Gasteiger partial charge in [0.15, 0.2) is 0 Å². The number of hydrogen-bond donors (Lipinski definition) is 4. The van der Waals surface area contributed by atoms with Crippen LogP contribution in [0.4, 0.5) is 0 Å². The molecule has 0 aliphatic heterocycles. The maximum Gasteiger partial charge on any atom is 0.336 e. The normalized spacial score (nSPS) is 10.8. The van der Waals surface area contributed by atoms with Crippen molar-refractivity contribution in [2.24, 2.45) is 12.8 Å². The number of benzene rings is 3. The van der Waals surface area contributed by atoms with Gasteiger partial charge in [0.1, 0.15) is 11.6 Å². The molecule has 0 atom stereocenters. The first-order valence-corrected chi connectivity index (χ1v) is 10.9. The van der Waals surface area contributed by atoms with Crippen molar-refractivity contribution in [3.8, 4) is 16.9 Å². The van der Waals surface area contributed by atoms with E-state index in [1.807, 2.05) is 60.3 Å². The zero-order valence-electron chi connectivity index (χ0n) is 19.7. The van der Waals surface area contributed by atoms with Gasteiger partial charge in [-0.15, -0.1) is 0 Å². The summed E-state index contributed by atoms with van der Waals surface area (Å²) in [5.41, 5.74) is 10.7. The van der Waals surface area contributed by atoms with Gasteiger partial charge >= 0.3 is 5.97 Å². The number of aromatic nitrogens is 1. The van der Waals surface area contributed by atoms with Crippen molar-refractivity contribution in [1.29, 1.82) is 5.41 Å². The molecule has 1 heterocycles. The van der Waals surface area contributed by atoms with E-state index in [-0.39, 0.29) is 28.6 Å². The maximum absolute atomic E-state index is 12.5. The number of nitrogens with zero attached hydrogens (tertiary/aromatic N) is 1. The number of nitrogens with one attached hydrogen (secondary N) is 2. The molecule has 0 fully saturated rings. The van der Waals surface area contributed by atoms with Gasteiger partial charge in [-0.3, -0.25) is 10.2 Å². The third-order valence-electron chi connectivity index (χ3n) is 6.11. The van der Waals surface area contributed by atoms with E-state index in [9.17, 15) is 14.7 Å². The Bertz CT molecular complexity index is 1490. The zero-order valence-corrected chi connectivity index (χ0v) is 19.7. The first-order chi connectivity index (χ1) is 16.7. The van der Waals surface area contributed by atoms with E-state index in [2.05, 4.69) is 5.32 Å². The third-order valence-corrected chi connectivity index (χ3v) is 6.11. The minimum atomic E-state index is -1.11. The van der Waals surface area contributed by atoms with Gasteiger partial charge in [0.05, 0.1) is 18.2 Å². The Hall–Kier alpha value is -4.59. The van der Waals surface area contributed by atoms with E-state index in [4.69, 9.17) is 15.9 Å². The first-order valence-electron chi connectivity index (χ1n) is 10.9. The van der Waals surface area contributed by atoms with Crippen LogP contribution in [0.15, 0.2) is 60.8 Å². The molecule has 0 saturated carbocycles. The van der Waals surface area contributed by atoms with Crippen molar-refractivity contribution >= 4 is 28.6 Å². The molecule has 1 amide bonds. The second-order valence-corrected chi connectivity index (χ2v) is 8.23. The highest BCUT2D eigenvalue weighted by atomic mass is 16.5. The van der Waals surface area contributed by atoms with Crippen LogP contribution in [0, 0.1) is 5.41 Å². The number of ether oxygens (including phenoxy) is 1. The number of aryl methyl sites for hydroxylation is 1. The van der Waals surface area contributed by atoms with Crippen LogP contribution in [0.3, 0.4) is 0 Å². The van der Waals surface area contributed by atoms with Crippen molar-refractivity contribution in [3.05, 3.63) is 88.6 Å². The average molecular weight is 471 g/mol. The number of amidine groups is 1. The van der Waals surface area contributed by atoms with Crippen LogP contribution in [0.5, 0.6) is 5.75 Å². The Labute approximate surface area is 202 Å². The molecule has 8 heteroatoms. The van der Waals surface area contributed by atoms with Crippen molar-refractivity contribution in [3.63, 3.8) is 0 Å². The molecule has 0 radical (unpaired) electrons. The van der Waals surface area contributed by atoms with Gasteiger partial charge in [-0.05, 0) is 40.5 Å². The van der Waals surface area contributed by atoms with Crippen molar-refractivity contribution in [2.75, 3.05) is 14.2 Å². The lowest BCUT2D eigenvalue weighted by Crippen LogP contribution is -2.19. The number of nitrogen functional groups attached to an aromatic ring is 1. The lowest BCUT2D eigenvalue weighted by molar-refractivity contribution is 0.0696. The minimum absolute atomic E-state index is 0.00706. The van der Waals surface area contributed by atoms with E-state index < -0.39 is 5.97 Å². The predicted octanol–water partition coefficient (Wildman–Crippen LogP) is 3.79. The lowest BCUT2D eigenvalue weighted by atomic mass is 9.90. The minimum Gasteiger partial charge on any atom is -0.496 e. The van der Waals surface area contributed by atoms with E-state index >= 15 is 0 Å². The van der Waals surface area contributed by atoms with Crippen LogP contribution >= 0.6 is 0 Å². The SMILES string of the molecule is CNC(=O)c1cc(-c2ccccc2Cc2cn(C)c3cc(C(=N)N)ccc23)c(C(=O)O)cc1OC. The van der Waals surface area contributed by atoms with Crippen molar-refractivity contribution in [2.45, 2.75) is 6.42 Å². The fourth-order valence-electron chi connectivity index (χ4n) is 4.38. The fraction of sp³-hybridized carbons (Fsp3) is 0.148.